The first kappa shape index (κ1) is 28.2. The third kappa shape index (κ3) is 6.73. The van der Waals surface area contributed by atoms with Crippen molar-refractivity contribution in [3.05, 3.63) is 88.9 Å². The Morgan fingerprint density at radius 1 is 0.786 bits per heavy atom. The molecule has 0 radical (unpaired) electrons. The van der Waals surface area contributed by atoms with Crippen LogP contribution in [0.1, 0.15) is 13.8 Å². The summed E-state index contributed by atoms with van der Waals surface area (Å²) < 4.78 is 0.679. The molecule has 14 heteroatoms. The normalized spacial score (nSPS) is 16.3. The summed E-state index contributed by atoms with van der Waals surface area (Å²) >= 11 is 14.8. The summed E-state index contributed by atoms with van der Waals surface area (Å²) in [6, 6.07) is 24.8. The van der Waals surface area contributed by atoms with Crippen molar-refractivity contribution in [1.82, 2.24) is 25.1 Å². The van der Waals surface area contributed by atoms with Crippen LogP contribution in [-0.4, -0.2) is 42.9 Å². The largest absolute Gasteiger partial charge is 0.350 e. The van der Waals surface area contributed by atoms with Crippen LogP contribution in [0.25, 0.3) is 0 Å². The maximum Gasteiger partial charge on any atom is 0.233 e. The Bertz CT molecular complexity index is 1630. The Labute approximate surface area is 260 Å². The minimum Gasteiger partial charge on any atom is -0.350 e. The Morgan fingerprint density at radius 3 is 1.98 bits per heavy atom. The molecule has 0 bridgehead atoms. The second-order valence-corrected chi connectivity index (χ2v) is 12.4. The first-order valence-electron chi connectivity index (χ1n) is 12.9. The van der Waals surface area contributed by atoms with Crippen molar-refractivity contribution >= 4 is 86.1 Å². The zero-order chi connectivity index (χ0) is 29.1. The lowest BCUT2D eigenvalue weighted by Gasteiger charge is -2.24. The summed E-state index contributed by atoms with van der Waals surface area (Å²) in [5, 5.41) is 27.9. The van der Waals surface area contributed by atoms with Gasteiger partial charge in [0.25, 0.3) is 0 Å². The van der Waals surface area contributed by atoms with Gasteiger partial charge < -0.3 is 16.0 Å². The van der Waals surface area contributed by atoms with E-state index in [4.69, 9.17) is 28.3 Å². The van der Waals surface area contributed by atoms with E-state index in [9.17, 15) is 0 Å². The van der Waals surface area contributed by atoms with Crippen molar-refractivity contribution in [2.45, 2.75) is 35.4 Å². The van der Waals surface area contributed by atoms with Gasteiger partial charge in [0.1, 0.15) is 0 Å². The molecule has 0 fully saturated rings. The Balaban J connectivity index is 1.20. The number of nitrogens with one attached hydrogen (secondary N) is 3. The van der Waals surface area contributed by atoms with E-state index < -0.39 is 0 Å². The number of aromatic nitrogens is 5. The predicted molar refractivity (Wildman–Crippen MR) is 172 cm³/mol. The monoisotopic (exact) mass is 634 g/mol. The minimum atomic E-state index is -0.0152. The summed E-state index contributed by atoms with van der Waals surface area (Å²) in [4.78, 5) is 13.8. The van der Waals surface area contributed by atoms with Crippen LogP contribution in [-0.2, 0) is 0 Å². The van der Waals surface area contributed by atoms with Crippen molar-refractivity contribution in [1.29, 1.82) is 0 Å². The third-order valence-electron chi connectivity index (χ3n) is 6.28. The van der Waals surface area contributed by atoms with Crippen LogP contribution in [0.4, 0.5) is 34.1 Å². The van der Waals surface area contributed by atoms with E-state index in [-0.39, 0.29) is 12.1 Å². The Hall–Kier alpha value is -3.97. The lowest BCUT2D eigenvalue weighted by molar-refractivity contribution is 0.677. The van der Waals surface area contributed by atoms with Gasteiger partial charge in [-0.3, -0.25) is 5.01 Å². The van der Waals surface area contributed by atoms with E-state index in [1.54, 1.807) is 24.3 Å². The van der Waals surface area contributed by atoms with Gasteiger partial charge in [-0.15, -0.1) is 10.2 Å². The average molecular weight is 636 g/mol. The highest BCUT2D eigenvalue weighted by atomic mass is 35.5. The van der Waals surface area contributed by atoms with Crippen molar-refractivity contribution in [3.8, 4) is 0 Å². The smallest absolute Gasteiger partial charge is 0.233 e. The molecule has 1 aliphatic rings. The van der Waals surface area contributed by atoms with Gasteiger partial charge in [-0.25, -0.2) is 0 Å². The number of nitrogens with zero attached hydrogens (tertiary/aromatic N) is 7. The van der Waals surface area contributed by atoms with Crippen molar-refractivity contribution in [2.75, 3.05) is 21.0 Å². The van der Waals surface area contributed by atoms with Crippen LogP contribution in [0.2, 0.25) is 10.0 Å². The molecule has 1 aliphatic heterocycles. The number of benzene rings is 3. The molecule has 0 saturated carbocycles. The van der Waals surface area contributed by atoms with Crippen LogP contribution in [0.3, 0.4) is 0 Å². The lowest BCUT2D eigenvalue weighted by Crippen LogP contribution is -2.39. The molecule has 2 unspecified atom stereocenters. The molecule has 212 valence electrons. The molecule has 3 N–H and O–H groups in total. The van der Waals surface area contributed by atoms with Gasteiger partial charge in [-0.2, -0.15) is 20.1 Å². The van der Waals surface area contributed by atoms with Crippen LogP contribution in [0, 0.1) is 0 Å². The molecular weight excluding hydrogens is 611 g/mol. The molecule has 2 aromatic heterocycles. The number of halogens is 2. The zero-order valence-corrected chi connectivity index (χ0v) is 25.5. The molecule has 2 atom stereocenters. The van der Waals surface area contributed by atoms with Gasteiger partial charge in [0.15, 0.2) is 4.34 Å². The van der Waals surface area contributed by atoms with Crippen LogP contribution in [0.5, 0.6) is 0 Å². The fraction of sp³-hybridized carbons (Fsp3) is 0.143. The molecule has 10 nitrogen and oxygen atoms in total. The Morgan fingerprint density at radius 2 is 1.38 bits per heavy atom. The number of hydrogen-bond donors (Lipinski definition) is 3. The van der Waals surface area contributed by atoms with E-state index in [0.717, 1.165) is 22.8 Å². The Kier molecular flexibility index (Phi) is 8.38. The van der Waals surface area contributed by atoms with Crippen molar-refractivity contribution < 1.29 is 0 Å². The van der Waals surface area contributed by atoms with E-state index in [1.807, 2.05) is 54.4 Å². The molecule has 5 aromatic rings. The maximum absolute atomic E-state index is 6.05. The van der Waals surface area contributed by atoms with E-state index in [1.165, 1.54) is 23.1 Å². The second kappa shape index (κ2) is 12.5. The summed E-state index contributed by atoms with van der Waals surface area (Å²) in [5.74, 6) is 0.725. The van der Waals surface area contributed by atoms with Crippen molar-refractivity contribution in [2.24, 2.45) is 5.10 Å². The molecule has 0 aliphatic carbocycles. The number of hydrogen-bond acceptors (Lipinski definition) is 12. The van der Waals surface area contributed by atoms with Crippen LogP contribution >= 0.6 is 46.3 Å². The molecule has 0 amide bonds. The first-order valence-corrected chi connectivity index (χ1v) is 15.3. The quantitative estimate of drug-likeness (QED) is 0.149. The van der Waals surface area contributed by atoms with Gasteiger partial charge in [0.05, 0.1) is 23.5 Å². The summed E-state index contributed by atoms with van der Waals surface area (Å²) in [5.41, 5.74) is 3.59. The molecule has 0 spiro atoms. The van der Waals surface area contributed by atoms with Crippen molar-refractivity contribution in [3.63, 3.8) is 0 Å². The van der Waals surface area contributed by atoms with Crippen LogP contribution in [0.15, 0.2) is 93.5 Å². The molecule has 6 rings (SSSR count). The number of hydrazone groups is 1. The highest BCUT2D eigenvalue weighted by molar-refractivity contribution is 8.00. The van der Waals surface area contributed by atoms with Crippen LogP contribution < -0.4 is 21.0 Å². The number of rotatable bonds is 9. The fourth-order valence-electron chi connectivity index (χ4n) is 4.27. The van der Waals surface area contributed by atoms with Gasteiger partial charge in [-0.05, 0) is 86.3 Å². The van der Waals surface area contributed by atoms with E-state index >= 15 is 0 Å². The topological polar surface area (TPSA) is 116 Å². The zero-order valence-electron chi connectivity index (χ0n) is 22.4. The van der Waals surface area contributed by atoms with E-state index in [2.05, 4.69) is 60.2 Å². The molecule has 3 aromatic carbocycles. The predicted octanol–water partition coefficient (Wildman–Crippen LogP) is 7.73. The fourth-order valence-corrected chi connectivity index (χ4v) is 6.17. The van der Waals surface area contributed by atoms with Gasteiger partial charge in [0.2, 0.25) is 22.2 Å². The third-order valence-corrected chi connectivity index (χ3v) is 8.56. The minimum absolute atomic E-state index is 0.0152. The average Bonchev–Trinajstić information content (AvgIpc) is 3.55. The highest BCUT2D eigenvalue weighted by Crippen LogP contribution is 2.33. The second-order valence-electron chi connectivity index (χ2n) is 9.29. The van der Waals surface area contributed by atoms with Gasteiger partial charge >= 0.3 is 0 Å². The number of anilines is 6. The SMILES string of the molecule is CC1=NN(c2ccccc2)C(C)C1Nc1nnc(Sc2nc(Nc3ccc(Cl)cc3)nc(Nc3ccc(Cl)cc3)n2)s1. The molecular formula is C28H24Cl2N10S2. The maximum atomic E-state index is 6.05. The van der Waals surface area contributed by atoms with Gasteiger partial charge in [-0.1, -0.05) is 52.7 Å². The first-order chi connectivity index (χ1) is 20.4. The molecule has 42 heavy (non-hydrogen) atoms. The summed E-state index contributed by atoms with van der Waals surface area (Å²) in [6.07, 6.45) is 0. The lowest BCUT2D eigenvalue weighted by atomic mass is 10.1. The van der Waals surface area contributed by atoms with Gasteiger partial charge in [0, 0.05) is 21.4 Å². The standard InChI is InChI=1S/C28H24Cl2N10S2/c1-16-23(17(2)40(39-16)22-6-4-3-5-7-22)33-27-37-38-28(42-27)41-26-35-24(31-20-12-8-18(29)9-13-20)34-25(36-26)32-21-14-10-19(30)11-15-21/h3-15,17,23H,1-2H3,(H,33,37)(H2,31,32,34,35,36). The molecule has 3 heterocycles. The highest BCUT2D eigenvalue weighted by Gasteiger charge is 2.33. The molecule has 0 saturated heterocycles. The van der Waals surface area contributed by atoms with E-state index in [0.29, 0.717) is 36.6 Å². The number of para-hydroxylation sites is 1. The summed E-state index contributed by atoms with van der Waals surface area (Å²) in [6.45, 7) is 4.15. The summed E-state index contributed by atoms with van der Waals surface area (Å²) in [7, 11) is 0.